The van der Waals surface area contributed by atoms with Gasteiger partial charge in [-0.15, -0.1) is 0 Å². The Hall–Kier alpha value is -3.34. The molecule has 0 radical (unpaired) electrons. The number of aliphatic carboxylic acids is 1. The first-order valence-electron chi connectivity index (χ1n) is 12.2. The SMILES string of the molecule is O=C(O)CC(NC(=O)C1N(C(=O)c2cccc(F)c2)CCN1C(=O)c1cncc(Br)c1)C1CCCCC1. The van der Waals surface area contributed by atoms with Crippen LogP contribution >= 0.6 is 15.9 Å². The van der Waals surface area contributed by atoms with Crippen LogP contribution in [0, 0.1) is 11.7 Å². The fraction of sp³-hybridized carbons (Fsp3) is 0.423. The Morgan fingerprint density at radius 2 is 1.70 bits per heavy atom. The van der Waals surface area contributed by atoms with Crippen molar-refractivity contribution < 1.29 is 28.7 Å². The third kappa shape index (κ3) is 6.33. The molecule has 2 fully saturated rings. The van der Waals surface area contributed by atoms with Crippen LogP contribution in [-0.4, -0.2) is 68.9 Å². The van der Waals surface area contributed by atoms with Crippen molar-refractivity contribution in [2.75, 3.05) is 13.1 Å². The number of halogens is 2. The Morgan fingerprint density at radius 1 is 1.03 bits per heavy atom. The van der Waals surface area contributed by atoms with Gasteiger partial charge < -0.3 is 20.2 Å². The average molecular weight is 575 g/mol. The molecule has 2 aliphatic rings. The largest absolute Gasteiger partial charge is 0.481 e. The van der Waals surface area contributed by atoms with Gasteiger partial charge in [-0.3, -0.25) is 24.2 Å². The molecule has 1 aliphatic heterocycles. The predicted molar refractivity (Wildman–Crippen MR) is 135 cm³/mol. The van der Waals surface area contributed by atoms with E-state index in [1.54, 1.807) is 6.07 Å². The first-order chi connectivity index (χ1) is 17.7. The van der Waals surface area contributed by atoms with Crippen LogP contribution in [0.1, 0.15) is 59.2 Å². The standard InChI is InChI=1S/C26H28BrFN4O5/c27-19-11-18(14-29-15-19)26(37)32-10-9-31(25(36)17-7-4-8-20(28)12-17)24(32)23(35)30-21(13-22(33)34)16-5-2-1-3-6-16/h4,7-8,11-12,14-16,21,24H,1-3,5-6,9-10,13H2,(H,30,35)(H,33,34). The second-order valence-electron chi connectivity index (χ2n) is 9.38. The number of carbonyl (C=O) groups excluding carboxylic acids is 3. The number of nitrogens with one attached hydrogen (secondary N) is 1. The minimum atomic E-state index is -1.33. The third-order valence-corrected chi connectivity index (χ3v) is 7.33. The molecule has 2 N–H and O–H groups in total. The molecule has 2 unspecified atom stereocenters. The van der Waals surface area contributed by atoms with E-state index in [2.05, 4.69) is 26.2 Å². The Morgan fingerprint density at radius 3 is 2.32 bits per heavy atom. The van der Waals surface area contributed by atoms with E-state index in [1.807, 2.05) is 0 Å². The molecular weight excluding hydrogens is 547 g/mol. The van der Waals surface area contributed by atoms with Gasteiger partial charge in [-0.2, -0.15) is 0 Å². The number of aromatic nitrogens is 1. The van der Waals surface area contributed by atoms with Crippen LogP contribution in [0.2, 0.25) is 0 Å². The van der Waals surface area contributed by atoms with Crippen molar-refractivity contribution >= 4 is 39.6 Å². The highest BCUT2D eigenvalue weighted by atomic mass is 79.9. The van der Waals surface area contributed by atoms with Crippen LogP contribution < -0.4 is 5.32 Å². The average Bonchev–Trinajstić information content (AvgIpc) is 3.33. The van der Waals surface area contributed by atoms with Gasteiger partial charge in [0.2, 0.25) is 0 Å². The quantitative estimate of drug-likeness (QED) is 0.522. The molecule has 2 heterocycles. The molecule has 2 aromatic rings. The van der Waals surface area contributed by atoms with Crippen LogP contribution in [0.15, 0.2) is 47.2 Å². The van der Waals surface area contributed by atoms with E-state index in [0.29, 0.717) is 4.47 Å². The van der Waals surface area contributed by atoms with Crippen molar-refractivity contribution in [3.8, 4) is 0 Å². The maximum absolute atomic E-state index is 13.9. The highest BCUT2D eigenvalue weighted by Gasteiger charge is 2.44. The minimum absolute atomic E-state index is 0.0130. The summed E-state index contributed by atoms with van der Waals surface area (Å²) in [5.74, 6) is -3.40. The van der Waals surface area contributed by atoms with E-state index in [0.717, 1.165) is 38.2 Å². The van der Waals surface area contributed by atoms with Crippen molar-refractivity contribution in [1.29, 1.82) is 0 Å². The zero-order chi connectivity index (χ0) is 26.5. The van der Waals surface area contributed by atoms with Crippen LogP contribution in [0.5, 0.6) is 0 Å². The van der Waals surface area contributed by atoms with E-state index in [1.165, 1.54) is 40.4 Å². The Labute approximate surface area is 222 Å². The third-order valence-electron chi connectivity index (χ3n) is 6.89. The van der Waals surface area contributed by atoms with Gasteiger partial charge in [0, 0.05) is 41.6 Å². The molecule has 1 aliphatic carbocycles. The maximum atomic E-state index is 13.9. The predicted octanol–water partition coefficient (Wildman–Crippen LogP) is 3.45. The second-order valence-corrected chi connectivity index (χ2v) is 10.3. The lowest BCUT2D eigenvalue weighted by atomic mass is 9.82. The zero-order valence-corrected chi connectivity index (χ0v) is 21.7. The molecule has 1 saturated heterocycles. The summed E-state index contributed by atoms with van der Waals surface area (Å²) in [6.45, 7) is 0.116. The number of hydrogen-bond donors (Lipinski definition) is 2. The summed E-state index contributed by atoms with van der Waals surface area (Å²) in [6.07, 6.45) is 5.84. The van der Waals surface area contributed by atoms with Crippen LogP contribution in [0.25, 0.3) is 0 Å². The minimum Gasteiger partial charge on any atom is -0.481 e. The lowest BCUT2D eigenvalue weighted by Crippen LogP contribution is -2.57. The molecule has 37 heavy (non-hydrogen) atoms. The summed E-state index contributed by atoms with van der Waals surface area (Å²) in [6, 6.07) is 6.06. The Bertz CT molecular complexity index is 1120. The molecule has 1 saturated carbocycles. The van der Waals surface area contributed by atoms with E-state index in [9.17, 15) is 28.7 Å². The summed E-state index contributed by atoms with van der Waals surface area (Å²) in [5.41, 5.74) is 0.271. The van der Waals surface area contributed by atoms with E-state index in [-0.39, 0.29) is 36.6 Å². The fourth-order valence-electron chi connectivity index (χ4n) is 5.14. The first kappa shape index (κ1) is 26.7. The summed E-state index contributed by atoms with van der Waals surface area (Å²) in [4.78, 5) is 58.6. The van der Waals surface area contributed by atoms with Gasteiger partial charge in [0.05, 0.1) is 12.0 Å². The van der Waals surface area contributed by atoms with Gasteiger partial charge in [0.15, 0.2) is 6.17 Å². The molecule has 9 nitrogen and oxygen atoms in total. The van der Waals surface area contributed by atoms with Crippen LogP contribution in [0.4, 0.5) is 4.39 Å². The summed E-state index contributed by atoms with van der Waals surface area (Å²) in [5, 5.41) is 12.3. The number of pyridine rings is 1. The number of carboxylic acid groups (broad SMARTS) is 1. The molecule has 0 bridgehead atoms. The topological polar surface area (TPSA) is 120 Å². The zero-order valence-electron chi connectivity index (χ0n) is 20.1. The summed E-state index contributed by atoms with van der Waals surface area (Å²) in [7, 11) is 0. The van der Waals surface area contributed by atoms with Crippen molar-refractivity contribution in [2.45, 2.75) is 50.7 Å². The molecule has 11 heteroatoms. The fourth-order valence-corrected chi connectivity index (χ4v) is 5.50. The van der Waals surface area contributed by atoms with Gasteiger partial charge in [-0.1, -0.05) is 25.3 Å². The van der Waals surface area contributed by atoms with Gasteiger partial charge in [0.1, 0.15) is 5.82 Å². The van der Waals surface area contributed by atoms with E-state index < -0.39 is 41.7 Å². The lowest BCUT2D eigenvalue weighted by Gasteiger charge is -2.34. The van der Waals surface area contributed by atoms with Gasteiger partial charge >= 0.3 is 5.97 Å². The number of hydrogen-bond acceptors (Lipinski definition) is 5. The summed E-state index contributed by atoms with van der Waals surface area (Å²) >= 11 is 3.29. The molecule has 1 aromatic carbocycles. The number of amides is 3. The molecule has 0 spiro atoms. The van der Waals surface area contributed by atoms with Gasteiger partial charge in [0.25, 0.3) is 17.7 Å². The second kappa shape index (κ2) is 11.8. The van der Waals surface area contributed by atoms with Crippen molar-refractivity contribution in [3.05, 3.63) is 64.1 Å². The number of carbonyl (C=O) groups is 4. The highest BCUT2D eigenvalue weighted by molar-refractivity contribution is 9.10. The van der Waals surface area contributed by atoms with E-state index >= 15 is 0 Å². The summed E-state index contributed by atoms with van der Waals surface area (Å²) < 4.78 is 14.4. The molecule has 2 atom stereocenters. The van der Waals surface area contributed by atoms with Crippen molar-refractivity contribution in [3.63, 3.8) is 0 Å². The van der Waals surface area contributed by atoms with Gasteiger partial charge in [-0.05, 0) is 59.0 Å². The normalized spacial score (nSPS) is 18.9. The molecule has 196 valence electrons. The molecule has 4 rings (SSSR count). The molecule has 3 amide bonds. The number of benzene rings is 1. The van der Waals surface area contributed by atoms with Crippen LogP contribution in [-0.2, 0) is 9.59 Å². The molecule has 1 aromatic heterocycles. The highest BCUT2D eigenvalue weighted by Crippen LogP contribution is 2.29. The van der Waals surface area contributed by atoms with Crippen LogP contribution in [0.3, 0.4) is 0 Å². The maximum Gasteiger partial charge on any atom is 0.305 e. The number of carboxylic acids is 1. The first-order valence-corrected chi connectivity index (χ1v) is 13.0. The Kier molecular flexibility index (Phi) is 8.52. The van der Waals surface area contributed by atoms with Crippen molar-refractivity contribution in [1.82, 2.24) is 20.1 Å². The Balaban J connectivity index is 1.65. The number of nitrogens with zero attached hydrogens (tertiary/aromatic N) is 3. The van der Waals surface area contributed by atoms with Gasteiger partial charge in [-0.25, -0.2) is 4.39 Å². The number of rotatable bonds is 7. The molecular formula is C26H28BrFN4O5. The smallest absolute Gasteiger partial charge is 0.305 e. The van der Waals surface area contributed by atoms with E-state index in [4.69, 9.17) is 0 Å². The monoisotopic (exact) mass is 574 g/mol. The lowest BCUT2D eigenvalue weighted by molar-refractivity contribution is -0.138. The van der Waals surface area contributed by atoms with Crippen molar-refractivity contribution in [2.24, 2.45) is 5.92 Å².